The Morgan fingerprint density at radius 3 is 2.08 bits per heavy atom. The van der Waals surface area contributed by atoms with Gasteiger partial charge in [-0.1, -0.05) is 0 Å². The maximum Gasteiger partial charge on any atom is 0.339 e. The lowest BCUT2D eigenvalue weighted by atomic mass is 10.6. The molecule has 0 atom stereocenters. The molecule has 0 bridgehead atoms. The van der Waals surface area contributed by atoms with Crippen LogP contribution in [0.25, 0.3) is 0 Å². The van der Waals surface area contributed by atoms with Crippen LogP contribution in [0.5, 0.6) is 0 Å². The number of aromatic amines is 1. The number of aromatic nitrogens is 2. The monoisotopic (exact) mass is 248 g/mol. The molecule has 1 heterocycles. The molecule has 0 fully saturated rings. The van der Waals surface area contributed by atoms with E-state index < -0.39 is 5.20 Å². The molecule has 0 saturated heterocycles. The van der Waals surface area contributed by atoms with Crippen molar-refractivity contribution in [1.29, 1.82) is 0 Å². The van der Waals surface area contributed by atoms with Gasteiger partial charge in [-0.2, -0.15) is 5.10 Å². The molecule has 0 unspecified atom stereocenters. The Kier molecular flexibility index (Phi) is 5.59. The molecule has 8 heteroatoms. The third kappa shape index (κ3) is 12.6. The number of halogens is 3. The van der Waals surface area contributed by atoms with E-state index in [1.54, 1.807) is 6.07 Å². The van der Waals surface area contributed by atoms with Crippen molar-refractivity contribution in [3.05, 3.63) is 28.7 Å². The zero-order chi connectivity index (χ0) is 9.61. The number of nitrogens with zero attached hydrogens (tertiary/aromatic N) is 1. The van der Waals surface area contributed by atoms with E-state index in [-0.39, 0.29) is 5.56 Å². The number of hydrogen-bond donors (Lipinski definition) is 1. The highest BCUT2D eigenvalue weighted by Crippen LogP contribution is 2.61. The maximum absolute atomic E-state index is 10.2. The fourth-order valence-electron chi connectivity index (χ4n) is 0.312. The second kappa shape index (κ2) is 5.60. The molecule has 68 valence electrons. The molecule has 1 N–H and O–H groups in total. The lowest BCUT2D eigenvalue weighted by molar-refractivity contribution is 0.600. The molecular weight excluding hydrogens is 245 g/mol. The predicted molar refractivity (Wildman–Crippen MR) is 50.0 cm³/mol. The maximum atomic E-state index is 10.2. The first-order valence-electron chi connectivity index (χ1n) is 2.58. The van der Waals surface area contributed by atoms with E-state index in [1.807, 2.05) is 0 Å². The van der Waals surface area contributed by atoms with Crippen molar-refractivity contribution in [2.24, 2.45) is 0 Å². The van der Waals surface area contributed by atoms with E-state index >= 15 is 0 Å². The highest BCUT2D eigenvalue weighted by Gasteiger charge is 2.02. The van der Waals surface area contributed by atoms with Crippen LogP contribution in [-0.2, 0) is 4.57 Å². The van der Waals surface area contributed by atoms with Crippen molar-refractivity contribution < 1.29 is 4.57 Å². The Morgan fingerprint density at radius 1 is 1.42 bits per heavy atom. The van der Waals surface area contributed by atoms with Gasteiger partial charge in [0, 0.05) is 12.3 Å². The Bertz CT molecular complexity index is 296. The van der Waals surface area contributed by atoms with Crippen LogP contribution in [0.15, 0.2) is 23.1 Å². The Labute approximate surface area is 82.6 Å². The lowest BCUT2D eigenvalue weighted by Gasteiger charge is -1.74. The van der Waals surface area contributed by atoms with Crippen molar-refractivity contribution in [3.63, 3.8) is 0 Å². The van der Waals surface area contributed by atoms with Gasteiger partial charge < -0.3 is 0 Å². The van der Waals surface area contributed by atoms with E-state index in [2.05, 4.69) is 43.9 Å². The molecule has 1 aromatic rings. The van der Waals surface area contributed by atoms with Gasteiger partial charge in [-0.05, 0) is 39.8 Å². The number of rotatable bonds is 0. The van der Waals surface area contributed by atoms with Gasteiger partial charge in [0.25, 0.3) is 5.56 Å². The highest BCUT2D eigenvalue weighted by atomic mass is 36.0. The van der Waals surface area contributed by atoms with E-state index in [0.29, 0.717) is 0 Å². The summed E-state index contributed by atoms with van der Waals surface area (Å²) in [7, 11) is 0. The SMILES string of the molecule is O=P(Cl)(Cl)Cl.O=c1cccn[nH]1. The molecule has 1 rings (SSSR count). The van der Waals surface area contributed by atoms with E-state index in [9.17, 15) is 9.36 Å². The van der Waals surface area contributed by atoms with Gasteiger partial charge in [-0.3, -0.25) is 9.36 Å². The van der Waals surface area contributed by atoms with Crippen molar-refractivity contribution in [2.45, 2.75) is 0 Å². The van der Waals surface area contributed by atoms with Crippen LogP contribution in [0.2, 0.25) is 0 Å². The summed E-state index contributed by atoms with van der Waals surface area (Å²) in [6.07, 6.45) is 1.52. The van der Waals surface area contributed by atoms with Crippen molar-refractivity contribution in [3.8, 4) is 0 Å². The largest absolute Gasteiger partial charge is 0.339 e. The van der Waals surface area contributed by atoms with Gasteiger partial charge in [0.2, 0.25) is 0 Å². The summed E-state index contributed by atoms with van der Waals surface area (Å²) < 4.78 is 9.51. The number of hydrogen-bond acceptors (Lipinski definition) is 3. The quantitative estimate of drug-likeness (QED) is 0.719. The molecule has 0 amide bonds. The highest BCUT2D eigenvalue weighted by molar-refractivity contribution is 8.24. The summed E-state index contributed by atoms with van der Waals surface area (Å²) >= 11 is 13.8. The molecule has 1 aromatic heterocycles. The van der Waals surface area contributed by atoms with Crippen LogP contribution in [-0.4, -0.2) is 10.2 Å². The molecule has 0 saturated carbocycles. The molecule has 0 spiro atoms. The first-order chi connectivity index (χ1) is 5.39. The number of H-pyrrole nitrogens is 1. The van der Waals surface area contributed by atoms with E-state index in [1.165, 1.54) is 12.3 Å². The van der Waals surface area contributed by atoms with Gasteiger partial charge in [-0.15, -0.1) is 0 Å². The van der Waals surface area contributed by atoms with Gasteiger partial charge >= 0.3 is 5.20 Å². The van der Waals surface area contributed by atoms with Crippen LogP contribution in [0.4, 0.5) is 0 Å². The molecule has 0 aromatic carbocycles. The van der Waals surface area contributed by atoms with Crippen LogP contribution in [0, 0.1) is 0 Å². The topological polar surface area (TPSA) is 62.8 Å². The smallest absolute Gasteiger partial charge is 0.271 e. The minimum atomic E-state index is -3.22. The summed E-state index contributed by atoms with van der Waals surface area (Å²) in [6, 6.07) is 2.99. The van der Waals surface area contributed by atoms with Crippen molar-refractivity contribution in [1.82, 2.24) is 10.2 Å². The lowest BCUT2D eigenvalue weighted by Crippen LogP contribution is -2.02. The molecule has 0 aliphatic carbocycles. The van der Waals surface area contributed by atoms with E-state index in [0.717, 1.165) is 0 Å². The summed E-state index contributed by atoms with van der Waals surface area (Å²) in [4.78, 5) is 10.2. The van der Waals surface area contributed by atoms with Crippen LogP contribution in [0.3, 0.4) is 0 Å². The van der Waals surface area contributed by atoms with Crippen LogP contribution >= 0.6 is 38.9 Å². The standard InChI is InChI=1S/C4H4N2O.Cl3OP/c7-4-2-1-3-5-6-4;1-5(2,3)4/h1-3H,(H,6,7);. The predicted octanol–water partition coefficient (Wildman–Crippen LogP) is 2.58. The van der Waals surface area contributed by atoms with Crippen molar-refractivity contribution in [2.75, 3.05) is 0 Å². The fraction of sp³-hybridized carbons (Fsp3) is 0. The molecule has 0 aliphatic heterocycles. The minimum absolute atomic E-state index is 0.164. The summed E-state index contributed by atoms with van der Waals surface area (Å²) in [6.45, 7) is 0. The van der Waals surface area contributed by atoms with Crippen molar-refractivity contribution >= 4 is 38.9 Å². The average molecular weight is 249 g/mol. The van der Waals surface area contributed by atoms with Crippen LogP contribution < -0.4 is 5.56 Å². The Balaban J connectivity index is 0.000000217. The summed E-state index contributed by atoms with van der Waals surface area (Å²) in [5, 5.41) is 2.45. The third-order valence-corrected chi connectivity index (χ3v) is 0.583. The second-order valence-electron chi connectivity index (χ2n) is 1.51. The van der Waals surface area contributed by atoms with E-state index in [4.69, 9.17) is 0 Å². The molecular formula is C4H4Cl3N2O2P. The first-order valence-corrected chi connectivity index (χ1v) is 7.00. The summed E-state index contributed by atoms with van der Waals surface area (Å²) in [5.41, 5.74) is -0.164. The third-order valence-electron chi connectivity index (χ3n) is 0.583. The zero-order valence-corrected chi connectivity index (χ0v) is 8.74. The first kappa shape index (κ1) is 12.0. The molecule has 4 nitrogen and oxygen atoms in total. The Morgan fingerprint density at radius 2 is 1.92 bits per heavy atom. The number of nitrogens with one attached hydrogen (secondary N) is 1. The zero-order valence-electron chi connectivity index (χ0n) is 5.58. The van der Waals surface area contributed by atoms with Gasteiger partial charge in [0.15, 0.2) is 0 Å². The molecule has 0 aliphatic rings. The second-order valence-corrected chi connectivity index (χ2v) is 8.15. The fourth-order valence-corrected chi connectivity index (χ4v) is 0.312. The molecule has 12 heavy (non-hydrogen) atoms. The summed E-state index contributed by atoms with van der Waals surface area (Å²) in [5.74, 6) is 0. The molecule has 0 radical (unpaired) electrons. The average Bonchev–Trinajstić information content (AvgIpc) is 1.85. The Hall–Kier alpha value is -0.0200. The van der Waals surface area contributed by atoms with Gasteiger partial charge in [0.05, 0.1) is 0 Å². The van der Waals surface area contributed by atoms with Gasteiger partial charge in [0.1, 0.15) is 0 Å². The normalized spacial score (nSPS) is 9.92. The minimum Gasteiger partial charge on any atom is -0.271 e. The van der Waals surface area contributed by atoms with Gasteiger partial charge in [-0.25, -0.2) is 5.10 Å². The van der Waals surface area contributed by atoms with Crippen LogP contribution in [0.1, 0.15) is 0 Å².